The van der Waals surface area contributed by atoms with E-state index in [1.807, 2.05) is 0 Å². The fourth-order valence-corrected chi connectivity index (χ4v) is 5.43. The molecule has 0 aliphatic heterocycles. The zero-order valence-electron chi connectivity index (χ0n) is 15.2. The van der Waals surface area contributed by atoms with Gasteiger partial charge in [-0.1, -0.05) is 6.42 Å². The summed E-state index contributed by atoms with van der Waals surface area (Å²) in [6.45, 7) is 0. The van der Waals surface area contributed by atoms with Crippen LogP contribution in [0.15, 0.2) is 23.3 Å². The Morgan fingerprint density at radius 3 is 2.56 bits per heavy atom. The monoisotopic (exact) mass is 372 g/mol. The second-order valence-corrected chi connectivity index (χ2v) is 8.20. The van der Waals surface area contributed by atoms with Crippen LogP contribution in [0.1, 0.15) is 51.4 Å². The summed E-state index contributed by atoms with van der Waals surface area (Å²) < 4.78 is 0. The molecule has 8 heteroatoms. The Kier molecular flexibility index (Phi) is 4.80. The molecule has 1 N–H and O–H groups in total. The molecule has 3 fully saturated rings. The summed E-state index contributed by atoms with van der Waals surface area (Å²) in [7, 11) is 0. The zero-order chi connectivity index (χ0) is 19.0. The van der Waals surface area contributed by atoms with Crippen molar-refractivity contribution in [1.82, 2.24) is 0 Å². The molecule has 3 aliphatic rings. The van der Waals surface area contributed by atoms with Gasteiger partial charge in [-0.05, 0) is 74.7 Å². The maximum absolute atomic E-state index is 11.2. The van der Waals surface area contributed by atoms with Gasteiger partial charge in [-0.3, -0.25) is 25.7 Å². The van der Waals surface area contributed by atoms with Crippen LogP contribution in [0.2, 0.25) is 0 Å². The Morgan fingerprint density at radius 2 is 1.89 bits per heavy atom. The highest BCUT2D eigenvalue weighted by Gasteiger charge is 2.43. The summed E-state index contributed by atoms with van der Waals surface area (Å²) in [5.41, 5.74) is 3.43. The van der Waals surface area contributed by atoms with Crippen LogP contribution < -0.4 is 5.43 Å². The average Bonchev–Trinajstić information content (AvgIpc) is 3.30. The number of hydrogen-bond acceptors (Lipinski definition) is 6. The Hall–Kier alpha value is -2.51. The van der Waals surface area contributed by atoms with Gasteiger partial charge in [0.25, 0.3) is 5.69 Å². The van der Waals surface area contributed by atoms with Crippen molar-refractivity contribution in [3.63, 3.8) is 0 Å². The molecule has 144 valence electrons. The van der Waals surface area contributed by atoms with E-state index in [0.29, 0.717) is 5.92 Å². The van der Waals surface area contributed by atoms with Crippen LogP contribution in [0, 0.1) is 43.9 Å². The molecule has 0 amide bonds. The van der Waals surface area contributed by atoms with Crippen LogP contribution in [0.25, 0.3) is 0 Å². The normalized spacial score (nSPS) is 31.2. The van der Waals surface area contributed by atoms with Gasteiger partial charge in [0, 0.05) is 11.8 Å². The summed E-state index contributed by atoms with van der Waals surface area (Å²) >= 11 is 0. The SMILES string of the molecule is O=[N+]([O-])c1ccc(N/N=C2\CCC[C@H]([C@@H]3C[C@H]4CC[C@H]3C4)C2)c([N+](=O)[O-])c1. The summed E-state index contributed by atoms with van der Waals surface area (Å²) in [5.74, 6) is 3.33. The molecule has 8 nitrogen and oxygen atoms in total. The Morgan fingerprint density at radius 1 is 1.04 bits per heavy atom. The average molecular weight is 372 g/mol. The van der Waals surface area contributed by atoms with E-state index >= 15 is 0 Å². The number of fused-ring (bicyclic) bond motifs is 2. The van der Waals surface area contributed by atoms with E-state index in [4.69, 9.17) is 0 Å². The molecule has 27 heavy (non-hydrogen) atoms. The molecular formula is C19H24N4O4. The van der Waals surface area contributed by atoms with Gasteiger partial charge >= 0.3 is 5.69 Å². The Balaban J connectivity index is 1.46. The first-order valence-electron chi connectivity index (χ1n) is 9.75. The molecule has 0 saturated heterocycles. The number of nitro groups is 2. The van der Waals surface area contributed by atoms with Gasteiger partial charge in [-0.25, -0.2) is 0 Å². The first-order valence-corrected chi connectivity index (χ1v) is 9.75. The second kappa shape index (κ2) is 7.25. The number of rotatable bonds is 5. The van der Waals surface area contributed by atoms with Gasteiger partial charge < -0.3 is 0 Å². The number of benzene rings is 1. The van der Waals surface area contributed by atoms with E-state index in [2.05, 4.69) is 10.5 Å². The van der Waals surface area contributed by atoms with E-state index in [9.17, 15) is 20.2 Å². The van der Waals surface area contributed by atoms with Gasteiger partial charge in [0.2, 0.25) is 0 Å². The minimum atomic E-state index is -0.635. The lowest BCUT2D eigenvalue weighted by molar-refractivity contribution is -0.393. The summed E-state index contributed by atoms with van der Waals surface area (Å²) in [5, 5.41) is 26.5. The third-order valence-corrected chi connectivity index (χ3v) is 6.66. The fraction of sp³-hybridized carbons (Fsp3) is 0.632. The molecule has 0 aromatic heterocycles. The lowest BCUT2D eigenvalue weighted by Gasteiger charge is -2.33. The van der Waals surface area contributed by atoms with Crippen LogP contribution in [0.5, 0.6) is 0 Å². The second-order valence-electron chi connectivity index (χ2n) is 8.20. The van der Waals surface area contributed by atoms with Crippen molar-refractivity contribution < 1.29 is 9.85 Å². The molecule has 0 heterocycles. The molecule has 3 aliphatic carbocycles. The quantitative estimate of drug-likeness (QED) is 0.584. The Labute approximate surface area is 157 Å². The number of hydrazone groups is 1. The molecule has 0 spiro atoms. The topological polar surface area (TPSA) is 111 Å². The third kappa shape index (κ3) is 3.65. The molecule has 0 unspecified atom stereocenters. The van der Waals surface area contributed by atoms with Crippen molar-refractivity contribution in [2.75, 3.05) is 5.43 Å². The highest BCUT2D eigenvalue weighted by molar-refractivity contribution is 5.86. The molecule has 2 bridgehead atoms. The van der Waals surface area contributed by atoms with E-state index < -0.39 is 9.85 Å². The smallest absolute Gasteiger partial charge is 0.272 e. The van der Waals surface area contributed by atoms with E-state index in [-0.39, 0.29) is 17.1 Å². The standard InChI is InChI=1S/C19H24N4O4/c24-22(25)16-6-7-18(19(11-16)23(26)27)21-20-15-3-1-2-13(10-15)17-9-12-4-5-14(17)8-12/h6-7,11-14,17,21H,1-5,8-10H2/b20-15+/t12-,13-,14-,17-/m0/s1. The fourth-order valence-electron chi connectivity index (χ4n) is 5.43. The van der Waals surface area contributed by atoms with E-state index in [1.54, 1.807) is 0 Å². The number of nitro benzene ring substituents is 2. The van der Waals surface area contributed by atoms with Gasteiger partial charge in [0.1, 0.15) is 5.69 Å². The summed E-state index contributed by atoms with van der Waals surface area (Å²) in [4.78, 5) is 20.8. The predicted molar refractivity (Wildman–Crippen MR) is 102 cm³/mol. The number of nitrogens with one attached hydrogen (secondary N) is 1. The largest absolute Gasteiger partial charge is 0.301 e. The molecule has 1 aromatic carbocycles. The van der Waals surface area contributed by atoms with Crippen molar-refractivity contribution in [1.29, 1.82) is 0 Å². The first kappa shape index (κ1) is 17.9. The maximum Gasteiger partial charge on any atom is 0.301 e. The minimum Gasteiger partial charge on any atom is -0.272 e. The number of non-ortho nitro benzene ring substituents is 1. The molecule has 4 rings (SSSR count). The van der Waals surface area contributed by atoms with Crippen LogP contribution in [0.3, 0.4) is 0 Å². The number of nitrogens with zero attached hydrogens (tertiary/aromatic N) is 3. The van der Waals surface area contributed by atoms with Gasteiger partial charge in [-0.15, -0.1) is 0 Å². The predicted octanol–water partition coefficient (Wildman–Crippen LogP) is 4.90. The molecule has 4 atom stereocenters. The maximum atomic E-state index is 11.2. The van der Waals surface area contributed by atoms with E-state index in [1.165, 1.54) is 44.2 Å². The van der Waals surface area contributed by atoms with Crippen LogP contribution in [-0.2, 0) is 0 Å². The van der Waals surface area contributed by atoms with Crippen LogP contribution in [-0.4, -0.2) is 15.6 Å². The first-order chi connectivity index (χ1) is 13.0. The molecular weight excluding hydrogens is 348 g/mol. The van der Waals surface area contributed by atoms with Gasteiger partial charge in [0.05, 0.1) is 15.9 Å². The molecule has 1 aromatic rings. The van der Waals surface area contributed by atoms with Crippen molar-refractivity contribution in [3.05, 3.63) is 38.4 Å². The molecule has 3 saturated carbocycles. The van der Waals surface area contributed by atoms with Crippen molar-refractivity contribution in [2.45, 2.75) is 51.4 Å². The lowest BCUT2D eigenvalue weighted by Crippen LogP contribution is -2.27. The van der Waals surface area contributed by atoms with Gasteiger partial charge in [-0.2, -0.15) is 5.10 Å². The summed E-state index contributed by atoms with van der Waals surface area (Å²) in [6, 6.07) is 3.59. The highest BCUT2D eigenvalue weighted by atomic mass is 16.6. The third-order valence-electron chi connectivity index (χ3n) is 6.66. The van der Waals surface area contributed by atoms with Crippen molar-refractivity contribution >= 4 is 22.8 Å². The molecule has 0 radical (unpaired) electrons. The van der Waals surface area contributed by atoms with Gasteiger partial charge in [0.15, 0.2) is 0 Å². The Bertz CT molecular complexity index is 794. The van der Waals surface area contributed by atoms with Crippen molar-refractivity contribution in [2.24, 2.45) is 28.8 Å². The lowest BCUT2D eigenvalue weighted by atomic mass is 9.72. The van der Waals surface area contributed by atoms with E-state index in [0.717, 1.165) is 48.8 Å². The summed E-state index contributed by atoms with van der Waals surface area (Å²) in [6.07, 6.45) is 9.79. The van der Waals surface area contributed by atoms with Crippen LogP contribution >= 0.6 is 0 Å². The number of anilines is 1. The minimum absolute atomic E-state index is 0.195. The highest BCUT2D eigenvalue weighted by Crippen LogP contribution is 2.53. The zero-order valence-corrected chi connectivity index (χ0v) is 15.2. The van der Waals surface area contributed by atoms with Crippen molar-refractivity contribution in [3.8, 4) is 0 Å². The van der Waals surface area contributed by atoms with Crippen LogP contribution in [0.4, 0.5) is 17.1 Å². The number of hydrogen-bond donors (Lipinski definition) is 1.